The van der Waals surface area contributed by atoms with Crippen molar-refractivity contribution in [3.8, 4) is 0 Å². The molecule has 0 aliphatic carbocycles. The van der Waals surface area contributed by atoms with E-state index in [4.69, 9.17) is 9.47 Å². The number of nitro groups is 1. The Morgan fingerprint density at radius 2 is 1.16 bits per heavy atom. The quantitative estimate of drug-likeness (QED) is 0.0743. The number of piperidine rings is 2. The molecule has 14 heteroatoms. The number of carbonyl (C=O) groups is 4. The zero-order chi connectivity index (χ0) is 41.5. The van der Waals surface area contributed by atoms with Gasteiger partial charge in [-0.25, -0.2) is 18.4 Å². The highest BCUT2D eigenvalue weighted by molar-refractivity contribution is 6.00. The average Bonchev–Trinajstić information content (AvgIpc) is 3.23. The molecule has 3 heterocycles. The minimum atomic E-state index is -1.15. The predicted molar refractivity (Wildman–Crippen MR) is 211 cm³/mol. The number of likely N-dealkylation sites (tertiary alicyclic amines) is 2. The van der Waals surface area contributed by atoms with E-state index in [1.807, 2.05) is 4.90 Å². The zero-order valence-corrected chi connectivity index (χ0v) is 33.0. The van der Waals surface area contributed by atoms with E-state index in [9.17, 15) is 38.1 Å². The second-order valence-corrected chi connectivity index (χ2v) is 15.0. The van der Waals surface area contributed by atoms with Crippen molar-refractivity contribution in [3.05, 3.63) is 134 Å². The van der Waals surface area contributed by atoms with Crippen LogP contribution >= 0.6 is 0 Å². The van der Waals surface area contributed by atoms with E-state index in [0.29, 0.717) is 94.0 Å². The van der Waals surface area contributed by atoms with E-state index < -0.39 is 34.4 Å². The van der Waals surface area contributed by atoms with Crippen LogP contribution in [0.1, 0.15) is 71.7 Å². The number of ether oxygens (including phenoxy) is 2. The predicted octanol–water partition coefficient (Wildman–Crippen LogP) is 6.73. The third-order valence-electron chi connectivity index (χ3n) is 11.7. The van der Waals surface area contributed by atoms with E-state index in [0.717, 1.165) is 0 Å². The third-order valence-corrected chi connectivity index (χ3v) is 11.7. The van der Waals surface area contributed by atoms with Gasteiger partial charge in [0.2, 0.25) is 0 Å². The van der Waals surface area contributed by atoms with Crippen molar-refractivity contribution in [1.82, 2.24) is 14.7 Å². The molecule has 1 atom stereocenters. The van der Waals surface area contributed by atoms with Crippen LogP contribution in [0.5, 0.6) is 0 Å². The Hall–Kier alpha value is -5.60. The number of allylic oxidation sites excluding steroid dienone is 2. The molecule has 0 N–H and O–H groups in total. The number of methoxy groups -OCH3 is 1. The highest BCUT2D eigenvalue weighted by Crippen LogP contribution is 2.45. The van der Waals surface area contributed by atoms with Crippen LogP contribution in [0.25, 0.3) is 0 Å². The molecule has 0 bridgehead atoms. The maximum absolute atomic E-state index is 14.3. The molecule has 1 unspecified atom stereocenters. The second-order valence-electron chi connectivity index (χ2n) is 15.0. The number of nitrogens with zero attached hydrogens (tertiary/aromatic N) is 4. The van der Waals surface area contributed by atoms with Crippen molar-refractivity contribution in [2.45, 2.75) is 45.4 Å². The van der Waals surface area contributed by atoms with Crippen LogP contribution < -0.4 is 0 Å². The van der Waals surface area contributed by atoms with Gasteiger partial charge in [0.1, 0.15) is 18.2 Å². The summed E-state index contributed by atoms with van der Waals surface area (Å²) in [7, 11) is 1.22. The molecule has 0 amide bonds. The Kier molecular flexibility index (Phi) is 13.6. The number of halogens is 2. The van der Waals surface area contributed by atoms with Crippen molar-refractivity contribution < 1.29 is 42.4 Å². The van der Waals surface area contributed by atoms with E-state index in [1.165, 1.54) is 73.8 Å². The highest BCUT2D eigenvalue weighted by atomic mass is 19.1. The molecule has 3 aliphatic rings. The van der Waals surface area contributed by atoms with Crippen molar-refractivity contribution in [2.24, 2.45) is 11.8 Å². The summed E-state index contributed by atoms with van der Waals surface area (Å²) in [4.78, 5) is 71.9. The van der Waals surface area contributed by atoms with E-state index in [1.54, 1.807) is 19.9 Å². The number of benzene rings is 3. The van der Waals surface area contributed by atoms with Gasteiger partial charge in [0.25, 0.3) is 5.69 Å². The molecule has 306 valence electrons. The number of hydrogen-bond acceptors (Lipinski definition) is 11. The molecular formula is C44H48F2N4O8. The van der Waals surface area contributed by atoms with Crippen molar-refractivity contribution in [2.75, 3.05) is 59.5 Å². The lowest BCUT2D eigenvalue weighted by Gasteiger charge is -2.39. The van der Waals surface area contributed by atoms with Crippen molar-refractivity contribution in [3.63, 3.8) is 0 Å². The molecule has 0 radical (unpaired) electrons. The summed E-state index contributed by atoms with van der Waals surface area (Å²) in [5, 5.41) is 12.3. The van der Waals surface area contributed by atoms with E-state index >= 15 is 0 Å². The van der Waals surface area contributed by atoms with Gasteiger partial charge in [-0.05, 0) is 114 Å². The second kappa shape index (κ2) is 18.8. The maximum atomic E-state index is 14.3. The first-order valence-electron chi connectivity index (χ1n) is 19.6. The molecule has 2 saturated heterocycles. The fourth-order valence-corrected chi connectivity index (χ4v) is 8.41. The Morgan fingerprint density at radius 3 is 1.64 bits per heavy atom. The summed E-state index contributed by atoms with van der Waals surface area (Å²) in [6.45, 7) is 7.19. The number of para-hydroxylation sites is 1. The average molecular weight is 799 g/mol. The fraction of sp³-hybridized carbons (Fsp3) is 0.409. The molecule has 2 fully saturated rings. The zero-order valence-electron chi connectivity index (χ0n) is 33.0. The summed E-state index contributed by atoms with van der Waals surface area (Å²) in [6.07, 6.45) is 2.43. The molecule has 3 aromatic rings. The first-order valence-corrected chi connectivity index (χ1v) is 19.6. The summed E-state index contributed by atoms with van der Waals surface area (Å²) < 4.78 is 38.0. The maximum Gasteiger partial charge on any atom is 0.336 e. The number of esters is 2. The summed E-state index contributed by atoms with van der Waals surface area (Å²) in [6, 6.07) is 17.1. The first-order chi connectivity index (χ1) is 27.9. The smallest absolute Gasteiger partial charge is 0.336 e. The first kappa shape index (κ1) is 42.0. The van der Waals surface area contributed by atoms with Crippen LogP contribution in [-0.4, -0.2) is 103 Å². The molecular weight excluding hydrogens is 750 g/mol. The van der Waals surface area contributed by atoms with E-state index in [2.05, 4.69) is 9.80 Å². The van der Waals surface area contributed by atoms with Gasteiger partial charge in [0.15, 0.2) is 11.6 Å². The fourth-order valence-electron chi connectivity index (χ4n) is 8.41. The summed E-state index contributed by atoms with van der Waals surface area (Å²) >= 11 is 0. The van der Waals surface area contributed by atoms with Crippen LogP contribution in [0.3, 0.4) is 0 Å². The number of rotatable bonds is 14. The van der Waals surface area contributed by atoms with Gasteiger partial charge in [-0.3, -0.25) is 24.6 Å². The summed E-state index contributed by atoms with van der Waals surface area (Å²) in [5.41, 5.74) is 2.00. The molecule has 12 nitrogen and oxygen atoms in total. The minimum absolute atomic E-state index is 0.00235. The van der Waals surface area contributed by atoms with Crippen LogP contribution in [-0.2, 0) is 19.1 Å². The lowest BCUT2D eigenvalue weighted by molar-refractivity contribution is -0.385. The molecule has 0 spiro atoms. The van der Waals surface area contributed by atoms with Gasteiger partial charge in [-0.15, -0.1) is 0 Å². The number of hydrogen-bond donors (Lipinski definition) is 0. The monoisotopic (exact) mass is 798 g/mol. The number of Topliss-reactive ketones (excluding diaryl/α,β-unsaturated/α-hetero) is 2. The van der Waals surface area contributed by atoms with E-state index in [-0.39, 0.29) is 52.4 Å². The Labute approximate surface area is 336 Å². The Balaban J connectivity index is 1.17. The SMILES string of the molecule is COC(=O)C1=C(C)N(CCN2CCC(C(=O)c3ccc(F)cc3)CC2)C(C)=C(C(=O)OCCN2CCC(C(=O)c3ccc(F)cc3)CC2)C1c1ccccc1[N+](=O)[O-]. The molecule has 0 saturated carbocycles. The molecule has 58 heavy (non-hydrogen) atoms. The molecule has 3 aliphatic heterocycles. The summed E-state index contributed by atoms with van der Waals surface area (Å²) in [5.74, 6) is -3.84. The lowest BCUT2D eigenvalue weighted by atomic mass is 9.79. The molecule has 6 rings (SSSR count). The lowest BCUT2D eigenvalue weighted by Crippen LogP contribution is -2.42. The normalized spacial score (nSPS) is 18.6. The van der Waals surface area contributed by atoms with Crippen LogP contribution in [0.4, 0.5) is 14.5 Å². The van der Waals surface area contributed by atoms with Crippen molar-refractivity contribution in [1.29, 1.82) is 0 Å². The van der Waals surface area contributed by atoms with Gasteiger partial charge < -0.3 is 19.3 Å². The Bertz CT molecular complexity index is 2090. The molecule has 0 aromatic heterocycles. The number of ketones is 2. The van der Waals surface area contributed by atoms with Gasteiger partial charge in [-0.1, -0.05) is 18.2 Å². The van der Waals surface area contributed by atoms with Gasteiger partial charge in [0.05, 0.1) is 29.1 Å². The minimum Gasteiger partial charge on any atom is -0.466 e. The number of nitro benzene ring substituents is 1. The van der Waals surface area contributed by atoms with Crippen LogP contribution in [0.15, 0.2) is 95.3 Å². The highest BCUT2D eigenvalue weighted by Gasteiger charge is 2.43. The van der Waals surface area contributed by atoms with Crippen LogP contribution in [0.2, 0.25) is 0 Å². The van der Waals surface area contributed by atoms with Gasteiger partial charge >= 0.3 is 11.9 Å². The van der Waals surface area contributed by atoms with Gasteiger partial charge in [0, 0.05) is 65.6 Å². The van der Waals surface area contributed by atoms with Crippen molar-refractivity contribution >= 4 is 29.2 Å². The van der Waals surface area contributed by atoms with Gasteiger partial charge in [-0.2, -0.15) is 0 Å². The molecule has 3 aromatic carbocycles. The largest absolute Gasteiger partial charge is 0.466 e. The van der Waals surface area contributed by atoms with Crippen LogP contribution in [0, 0.1) is 33.6 Å². The topological polar surface area (TPSA) is 140 Å². The Morgan fingerprint density at radius 1 is 0.690 bits per heavy atom. The number of carbonyl (C=O) groups excluding carboxylic acids is 4. The standard InChI is InChI=1S/C44H48F2N4O8/c1-28-38(43(53)57-3)40(36-6-4-5-7-37(36)50(55)56)39(44(54)58-27-26-48-22-18-33(19-23-48)42(52)31-10-14-35(46)15-11-31)29(2)49(28)25-24-47-20-16-32(17-21-47)41(51)30-8-12-34(45)13-9-30/h4-15,32-33,40H,16-27H2,1-3H3. The third kappa shape index (κ3) is 9.40.